The average molecular weight is 404 g/mol. The molecule has 6 nitrogen and oxygen atoms in total. The van der Waals surface area contributed by atoms with E-state index >= 15 is 0 Å². The van der Waals surface area contributed by atoms with E-state index in [9.17, 15) is 14.4 Å². The molecule has 0 saturated carbocycles. The Morgan fingerprint density at radius 1 is 0.793 bits per heavy atom. The summed E-state index contributed by atoms with van der Waals surface area (Å²) in [4.78, 5) is 37.7. The Kier molecular flexibility index (Phi) is 7.41. The lowest BCUT2D eigenvalue weighted by molar-refractivity contribution is -0.166. The monoisotopic (exact) mass is 403 g/mol. The normalized spacial score (nSPS) is 13.3. The molecule has 0 atom stereocenters. The standard InChI is InChI=1S/C23H33NO5/c1-15(21(3,4)19(26)28-9)16(2)23(7,8)29-20(27)22(5,6)18(25)24-17-13-11-10-12-14-17/h10-14H,1-9H3,(H,24,25)/b16-15-. The highest BCUT2D eigenvalue weighted by Crippen LogP contribution is 2.36. The number of carbonyl (C=O) groups is 3. The van der Waals surface area contributed by atoms with E-state index in [0.717, 1.165) is 11.1 Å². The van der Waals surface area contributed by atoms with E-state index < -0.39 is 28.3 Å². The zero-order valence-electron chi connectivity index (χ0n) is 18.9. The van der Waals surface area contributed by atoms with Crippen molar-refractivity contribution in [2.45, 2.75) is 61.0 Å². The highest BCUT2D eigenvalue weighted by molar-refractivity contribution is 6.08. The number of benzene rings is 1. The van der Waals surface area contributed by atoms with Gasteiger partial charge in [-0.25, -0.2) is 0 Å². The molecule has 1 N–H and O–H groups in total. The van der Waals surface area contributed by atoms with Crippen molar-refractivity contribution in [3.8, 4) is 0 Å². The van der Waals surface area contributed by atoms with Gasteiger partial charge in [-0.1, -0.05) is 23.8 Å². The summed E-state index contributed by atoms with van der Waals surface area (Å²) in [5, 5.41) is 2.73. The second kappa shape index (κ2) is 8.80. The maximum absolute atomic E-state index is 12.9. The van der Waals surface area contributed by atoms with Gasteiger partial charge in [0, 0.05) is 5.69 Å². The Labute approximate surface area is 173 Å². The summed E-state index contributed by atoms with van der Waals surface area (Å²) in [6.45, 7) is 13.7. The molecule has 6 heteroatoms. The molecule has 0 aliphatic rings. The molecule has 0 heterocycles. The van der Waals surface area contributed by atoms with Crippen molar-refractivity contribution in [2.75, 3.05) is 12.4 Å². The van der Waals surface area contributed by atoms with Gasteiger partial charge in [0.2, 0.25) is 5.91 Å². The Morgan fingerprint density at radius 2 is 1.31 bits per heavy atom. The van der Waals surface area contributed by atoms with Gasteiger partial charge in [-0.15, -0.1) is 0 Å². The van der Waals surface area contributed by atoms with Crippen molar-refractivity contribution in [2.24, 2.45) is 10.8 Å². The van der Waals surface area contributed by atoms with E-state index in [1.807, 2.05) is 19.9 Å². The van der Waals surface area contributed by atoms with Crippen molar-refractivity contribution in [3.63, 3.8) is 0 Å². The quantitative estimate of drug-likeness (QED) is 0.411. The molecule has 0 bridgehead atoms. The summed E-state index contributed by atoms with van der Waals surface area (Å²) >= 11 is 0. The molecule has 0 saturated heterocycles. The largest absolute Gasteiger partial charge is 0.468 e. The molecular formula is C23H33NO5. The van der Waals surface area contributed by atoms with E-state index in [2.05, 4.69) is 5.32 Å². The van der Waals surface area contributed by atoms with Crippen LogP contribution in [0.4, 0.5) is 5.69 Å². The SMILES string of the molecule is COC(=O)C(C)(C)/C(C)=C(/C)C(C)(C)OC(=O)C(C)(C)C(=O)Nc1ccccc1. The Morgan fingerprint density at radius 3 is 1.79 bits per heavy atom. The van der Waals surface area contributed by atoms with Gasteiger partial charge in [0.25, 0.3) is 0 Å². The third-order valence-corrected chi connectivity index (χ3v) is 5.56. The first-order valence-corrected chi connectivity index (χ1v) is 9.54. The van der Waals surface area contributed by atoms with Crippen LogP contribution in [0.3, 0.4) is 0 Å². The van der Waals surface area contributed by atoms with Crippen molar-refractivity contribution >= 4 is 23.5 Å². The predicted molar refractivity (Wildman–Crippen MR) is 113 cm³/mol. The topological polar surface area (TPSA) is 81.7 Å². The summed E-state index contributed by atoms with van der Waals surface area (Å²) in [5.41, 5.74) is -1.22. The van der Waals surface area contributed by atoms with Gasteiger partial charge in [0.15, 0.2) is 0 Å². The zero-order valence-corrected chi connectivity index (χ0v) is 18.9. The van der Waals surface area contributed by atoms with Crippen LogP contribution in [0.2, 0.25) is 0 Å². The van der Waals surface area contributed by atoms with Crippen LogP contribution >= 0.6 is 0 Å². The molecule has 0 aliphatic carbocycles. The molecule has 29 heavy (non-hydrogen) atoms. The van der Waals surface area contributed by atoms with Crippen molar-refractivity contribution in [1.82, 2.24) is 0 Å². The zero-order chi connectivity index (χ0) is 22.6. The average Bonchev–Trinajstić information content (AvgIpc) is 2.66. The van der Waals surface area contributed by atoms with Gasteiger partial charge >= 0.3 is 11.9 Å². The lowest BCUT2D eigenvalue weighted by Crippen LogP contribution is -2.44. The van der Waals surface area contributed by atoms with Crippen LogP contribution in [-0.4, -0.2) is 30.6 Å². The Hall–Kier alpha value is -2.63. The minimum atomic E-state index is -1.40. The maximum Gasteiger partial charge on any atom is 0.321 e. The van der Waals surface area contributed by atoms with Gasteiger partial charge in [0.05, 0.1) is 12.5 Å². The Bertz CT molecular complexity index is 804. The van der Waals surface area contributed by atoms with E-state index in [1.54, 1.807) is 52.0 Å². The van der Waals surface area contributed by atoms with Crippen LogP contribution < -0.4 is 5.32 Å². The summed E-state index contributed by atoms with van der Waals surface area (Å²) in [6.07, 6.45) is 0. The summed E-state index contributed by atoms with van der Waals surface area (Å²) < 4.78 is 10.6. The Balaban J connectivity index is 3.06. The highest BCUT2D eigenvalue weighted by atomic mass is 16.6. The molecule has 1 aromatic carbocycles. The maximum atomic E-state index is 12.9. The first-order chi connectivity index (χ1) is 13.2. The number of para-hydroxylation sites is 1. The van der Waals surface area contributed by atoms with Crippen LogP contribution in [0, 0.1) is 10.8 Å². The molecule has 0 aromatic heterocycles. The second-order valence-electron chi connectivity index (χ2n) is 8.71. The summed E-state index contributed by atoms with van der Waals surface area (Å²) in [6, 6.07) is 8.92. The van der Waals surface area contributed by atoms with Crippen molar-refractivity contribution in [3.05, 3.63) is 41.5 Å². The molecule has 1 aromatic rings. The van der Waals surface area contributed by atoms with E-state index in [4.69, 9.17) is 9.47 Å². The number of amides is 1. The number of methoxy groups -OCH3 is 1. The number of carbonyl (C=O) groups excluding carboxylic acids is 3. The number of hydrogen-bond acceptors (Lipinski definition) is 5. The van der Waals surface area contributed by atoms with Crippen LogP contribution in [0.25, 0.3) is 0 Å². The molecule has 0 radical (unpaired) electrons. The van der Waals surface area contributed by atoms with Gasteiger partial charge < -0.3 is 14.8 Å². The fraction of sp³-hybridized carbons (Fsp3) is 0.522. The lowest BCUT2D eigenvalue weighted by Gasteiger charge is -2.34. The molecular weight excluding hydrogens is 370 g/mol. The number of nitrogens with one attached hydrogen (secondary N) is 1. The molecule has 0 aliphatic heterocycles. The lowest BCUT2D eigenvalue weighted by atomic mass is 9.79. The molecule has 0 spiro atoms. The van der Waals surface area contributed by atoms with Crippen LogP contribution in [0.1, 0.15) is 55.4 Å². The van der Waals surface area contributed by atoms with Crippen molar-refractivity contribution in [1.29, 1.82) is 0 Å². The van der Waals surface area contributed by atoms with E-state index in [1.165, 1.54) is 21.0 Å². The molecule has 0 fully saturated rings. The first-order valence-electron chi connectivity index (χ1n) is 9.54. The summed E-state index contributed by atoms with van der Waals surface area (Å²) in [7, 11) is 1.34. The van der Waals surface area contributed by atoms with Crippen LogP contribution in [0.15, 0.2) is 41.5 Å². The van der Waals surface area contributed by atoms with Crippen LogP contribution in [0.5, 0.6) is 0 Å². The van der Waals surface area contributed by atoms with Gasteiger partial charge in [-0.05, 0) is 73.1 Å². The smallest absolute Gasteiger partial charge is 0.321 e. The predicted octanol–water partition coefficient (Wildman–Crippen LogP) is 4.51. The number of anilines is 1. The van der Waals surface area contributed by atoms with E-state index in [-0.39, 0.29) is 5.97 Å². The third kappa shape index (κ3) is 5.46. The highest BCUT2D eigenvalue weighted by Gasteiger charge is 2.42. The minimum absolute atomic E-state index is 0.376. The number of hydrogen-bond donors (Lipinski definition) is 1. The number of ether oxygens (including phenoxy) is 2. The molecule has 1 amide bonds. The fourth-order valence-electron chi connectivity index (χ4n) is 2.67. The molecule has 1 rings (SSSR count). The third-order valence-electron chi connectivity index (χ3n) is 5.56. The molecule has 160 valence electrons. The van der Waals surface area contributed by atoms with Gasteiger partial charge in [-0.3, -0.25) is 14.4 Å². The minimum Gasteiger partial charge on any atom is -0.468 e. The first kappa shape index (κ1) is 24.4. The van der Waals surface area contributed by atoms with E-state index in [0.29, 0.717) is 5.69 Å². The number of rotatable bonds is 7. The van der Waals surface area contributed by atoms with Gasteiger partial charge in [0.1, 0.15) is 11.0 Å². The van der Waals surface area contributed by atoms with Crippen molar-refractivity contribution < 1.29 is 23.9 Å². The number of esters is 2. The summed E-state index contributed by atoms with van der Waals surface area (Å²) in [5.74, 6) is -1.49. The van der Waals surface area contributed by atoms with Crippen LogP contribution in [-0.2, 0) is 23.9 Å². The molecule has 0 unspecified atom stereocenters. The van der Waals surface area contributed by atoms with Gasteiger partial charge in [-0.2, -0.15) is 0 Å². The fourth-order valence-corrected chi connectivity index (χ4v) is 2.67. The second-order valence-corrected chi connectivity index (χ2v) is 8.71.